The van der Waals surface area contributed by atoms with Crippen molar-refractivity contribution in [1.29, 1.82) is 5.26 Å². The molecule has 0 unspecified atom stereocenters. The smallest absolute Gasteiger partial charge is 0.268 e. The molecule has 1 atom stereocenters. The Morgan fingerprint density at radius 1 is 1.11 bits per heavy atom. The highest BCUT2D eigenvalue weighted by Crippen LogP contribution is 2.31. The summed E-state index contributed by atoms with van der Waals surface area (Å²) in [6, 6.07) is 14.3. The van der Waals surface area contributed by atoms with Crippen LogP contribution in [0.5, 0.6) is 0 Å². The number of pyridine rings is 1. The van der Waals surface area contributed by atoms with Crippen molar-refractivity contribution in [1.82, 2.24) is 20.5 Å². The molecule has 10 heteroatoms. The Hall–Kier alpha value is -4.39. The molecule has 1 aliphatic rings. The third kappa shape index (κ3) is 4.94. The van der Waals surface area contributed by atoms with E-state index >= 15 is 0 Å². The molecular weight excluding hydrogens is 456 g/mol. The molecule has 3 amide bonds. The summed E-state index contributed by atoms with van der Waals surface area (Å²) in [7, 11) is 1.55. The number of amides is 3. The van der Waals surface area contributed by atoms with Crippen LogP contribution in [0, 0.1) is 11.3 Å². The van der Waals surface area contributed by atoms with Crippen molar-refractivity contribution in [2.24, 2.45) is 0 Å². The summed E-state index contributed by atoms with van der Waals surface area (Å²) in [5.74, 6) is -4.66. The molecule has 35 heavy (non-hydrogen) atoms. The molecule has 0 radical (unpaired) electrons. The topological polar surface area (TPSA) is 115 Å². The summed E-state index contributed by atoms with van der Waals surface area (Å²) in [4.78, 5) is 42.2. The monoisotopic (exact) mass is 477 g/mol. The molecule has 2 N–H and O–H groups in total. The molecule has 2 heterocycles. The van der Waals surface area contributed by atoms with Gasteiger partial charge in [0.05, 0.1) is 30.2 Å². The number of hydrogen-bond donors (Lipinski definition) is 2. The van der Waals surface area contributed by atoms with E-state index < -0.39 is 43.3 Å². The van der Waals surface area contributed by atoms with Crippen LogP contribution in [0.2, 0.25) is 0 Å². The average Bonchev–Trinajstić information content (AvgIpc) is 3.20. The van der Waals surface area contributed by atoms with E-state index in [9.17, 15) is 23.2 Å². The zero-order valence-corrected chi connectivity index (χ0v) is 18.7. The van der Waals surface area contributed by atoms with Gasteiger partial charge in [0.2, 0.25) is 5.91 Å². The van der Waals surface area contributed by atoms with Gasteiger partial charge < -0.3 is 15.5 Å². The van der Waals surface area contributed by atoms with E-state index in [1.165, 1.54) is 12.3 Å². The zero-order valence-electron chi connectivity index (χ0n) is 18.7. The van der Waals surface area contributed by atoms with Crippen LogP contribution >= 0.6 is 0 Å². The number of rotatable bonds is 5. The Kier molecular flexibility index (Phi) is 6.42. The number of alkyl halides is 2. The first-order chi connectivity index (χ1) is 16.7. The molecule has 1 fully saturated rings. The van der Waals surface area contributed by atoms with E-state index in [-0.39, 0.29) is 11.5 Å². The predicted molar refractivity (Wildman–Crippen MR) is 124 cm³/mol. The van der Waals surface area contributed by atoms with Gasteiger partial charge >= 0.3 is 0 Å². The van der Waals surface area contributed by atoms with Crippen LogP contribution in [-0.2, 0) is 4.79 Å². The van der Waals surface area contributed by atoms with Crippen molar-refractivity contribution in [3.63, 3.8) is 0 Å². The molecule has 0 saturated carbocycles. The fraction of sp³-hybridized carbons (Fsp3) is 0.240. The minimum Gasteiger partial charge on any atom is -0.355 e. The number of fused-ring (bicyclic) bond motifs is 1. The van der Waals surface area contributed by atoms with Crippen molar-refractivity contribution in [3.8, 4) is 17.2 Å². The molecule has 3 aromatic rings. The summed E-state index contributed by atoms with van der Waals surface area (Å²) in [6.07, 6.45) is 0.745. The van der Waals surface area contributed by atoms with E-state index in [2.05, 4.69) is 15.6 Å². The van der Waals surface area contributed by atoms with E-state index in [4.69, 9.17) is 5.26 Å². The molecule has 1 aromatic heterocycles. The van der Waals surface area contributed by atoms with Crippen molar-refractivity contribution in [3.05, 3.63) is 65.9 Å². The zero-order chi connectivity index (χ0) is 25.2. The van der Waals surface area contributed by atoms with Gasteiger partial charge in [0.1, 0.15) is 6.04 Å². The number of nitrogens with one attached hydrogen (secondary N) is 2. The van der Waals surface area contributed by atoms with Crippen molar-refractivity contribution >= 4 is 28.6 Å². The second-order valence-electron chi connectivity index (χ2n) is 8.16. The van der Waals surface area contributed by atoms with Gasteiger partial charge in [0, 0.05) is 30.6 Å². The maximum absolute atomic E-state index is 13.6. The quantitative estimate of drug-likeness (QED) is 0.587. The van der Waals surface area contributed by atoms with Crippen LogP contribution in [-0.4, -0.2) is 59.7 Å². The van der Waals surface area contributed by atoms with Gasteiger partial charge in [0.15, 0.2) is 0 Å². The fourth-order valence-electron chi connectivity index (χ4n) is 4.03. The number of likely N-dealkylation sites (tertiary alicyclic amines) is 1. The Morgan fingerprint density at radius 2 is 1.83 bits per heavy atom. The van der Waals surface area contributed by atoms with Crippen LogP contribution in [0.1, 0.15) is 27.1 Å². The number of carbonyl (C=O) groups is 3. The average molecular weight is 477 g/mol. The predicted octanol–water partition coefficient (Wildman–Crippen LogP) is 2.75. The lowest BCUT2D eigenvalue weighted by Crippen LogP contribution is -2.43. The van der Waals surface area contributed by atoms with Gasteiger partial charge in [0.25, 0.3) is 17.7 Å². The van der Waals surface area contributed by atoms with E-state index in [1.54, 1.807) is 49.5 Å². The number of carbonyl (C=O) groups excluding carboxylic acids is 3. The van der Waals surface area contributed by atoms with Gasteiger partial charge in [-0.3, -0.25) is 19.4 Å². The standard InChI is InChI=1S/C25H21F2N5O3/c1-29-23(34)16-4-2-15(3-5-16)17-6-7-21-20(10-17)19(8-9-30-21)24(35)31-13-22(33)32-14-25(26,27)11-18(32)12-28/h2-10,18H,11,13-14H2,1H3,(H,29,34)(H,31,35)/t18-/m0/s1. The van der Waals surface area contributed by atoms with E-state index in [0.717, 1.165) is 16.0 Å². The summed E-state index contributed by atoms with van der Waals surface area (Å²) in [6.45, 7) is -1.36. The highest BCUT2D eigenvalue weighted by molar-refractivity contribution is 6.07. The van der Waals surface area contributed by atoms with Crippen molar-refractivity contribution in [2.75, 3.05) is 20.1 Å². The van der Waals surface area contributed by atoms with Crippen LogP contribution < -0.4 is 10.6 Å². The van der Waals surface area contributed by atoms with Gasteiger partial charge in [-0.15, -0.1) is 0 Å². The molecule has 0 aliphatic carbocycles. The maximum Gasteiger partial charge on any atom is 0.268 e. The molecule has 8 nitrogen and oxygen atoms in total. The van der Waals surface area contributed by atoms with Crippen LogP contribution in [0.3, 0.4) is 0 Å². The molecule has 1 saturated heterocycles. The van der Waals surface area contributed by atoms with Crippen molar-refractivity contribution < 1.29 is 23.2 Å². The Morgan fingerprint density at radius 3 is 2.51 bits per heavy atom. The molecule has 2 aromatic carbocycles. The number of nitriles is 1. The number of aromatic nitrogens is 1. The SMILES string of the molecule is CNC(=O)c1ccc(-c2ccc3nccc(C(=O)NCC(=O)N4CC(F)(F)C[C@H]4C#N)c3c2)cc1. The maximum atomic E-state index is 13.6. The van der Waals surface area contributed by atoms with Crippen LogP contribution in [0.4, 0.5) is 8.78 Å². The highest BCUT2D eigenvalue weighted by atomic mass is 19.3. The lowest BCUT2D eigenvalue weighted by atomic mass is 9.99. The summed E-state index contributed by atoms with van der Waals surface area (Å²) >= 11 is 0. The van der Waals surface area contributed by atoms with Crippen LogP contribution in [0.15, 0.2) is 54.7 Å². The highest BCUT2D eigenvalue weighted by Gasteiger charge is 2.47. The van der Waals surface area contributed by atoms with Crippen LogP contribution in [0.25, 0.3) is 22.0 Å². The number of hydrogen-bond acceptors (Lipinski definition) is 5. The summed E-state index contributed by atoms with van der Waals surface area (Å²) in [5, 5.41) is 14.6. The molecule has 1 aliphatic heterocycles. The Labute approximate surface area is 199 Å². The number of nitrogens with zero attached hydrogens (tertiary/aromatic N) is 3. The second kappa shape index (κ2) is 9.46. The van der Waals surface area contributed by atoms with E-state index in [0.29, 0.717) is 16.5 Å². The van der Waals surface area contributed by atoms with Gasteiger partial charge in [-0.25, -0.2) is 8.78 Å². The number of benzene rings is 2. The second-order valence-corrected chi connectivity index (χ2v) is 8.16. The first-order valence-corrected chi connectivity index (χ1v) is 10.8. The third-order valence-corrected chi connectivity index (χ3v) is 5.83. The normalized spacial score (nSPS) is 16.5. The molecule has 0 spiro atoms. The first-order valence-electron chi connectivity index (χ1n) is 10.8. The first kappa shape index (κ1) is 23.8. The minimum absolute atomic E-state index is 0.202. The third-order valence-electron chi connectivity index (χ3n) is 5.83. The van der Waals surface area contributed by atoms with E-state index in [1.807, 2.05) is 6.07 Å². The minimum atomic E-state index is -3.13. The largest absolute Gasteiger partial charge is 0.355 e. The van der Waals surface area contributed by atoms with Gasteiger partial charge in [-0.2, -0.15) is 5.26 Å². The summed E-state index contributed by atoms with van der Waals surface area (Å²) < 4.78 is 27.3. The lowest BCUT2D eigenvalue weighted by molar-refractivity contribution is -0.131. The molecular formula is C25H21F2N5O3. The Bertz CT molecular complexity index is 1350. The molecule has 0 bridgehead atoms. The molecule has 178 valence electrons. The number of halogens is 2. The van der Waals surface area contributed by atoms with Crippen molar-refractivity contribution in [2.45, 2.75) is 18.4 Å². The van der Waals surface area contributed by atoms with Gasteiger partial charge in [-0.05, 0) is 41.5 Å². The molecule has 4 rings (SSSR count). The summed E-state index contributed by atoms with van der Waals surface area (Å²) in [5.41, 5.74) is 2.93. The van der Waals surface area contributed by atoms with Gasteiger partial charge in [-0.1, -0.05) is 18.2 Å². The Balaban J connectivity index is 1.54. The fourth-order valence-corrected chi connectivity index (χ4v) is 4.03. The lowest BCUT2D eigenvalue weighted by Gasteiger charge is -2.19.